The van der Waals surface area contributed by atoms with Crippen LogP contribution >= 0.6 is 0 Å². The van der Waals surface area contributed by atoms with Crippen LogP contribution in [-0.4, -0.2) is 27.2 Å². The molecule has 0 aliphatic carbocycles. The SMILES string of the molecule is Cc1oc(C)c(C(=O)OC/C(O)=C(\C#N)c2nc3ccccc3n2C)c1C. The quantitative estimate of drug-likeness (QED) is 0.429. The molecule has 0 spiro atoms. The van der Waals surface area contributed by atoms with Gasteiger partial charge in [-0.3, -0.25) is 0 Å². The molecule has 0 radical (unpaired) electrons. The van der Waals surface area contributed by atoms with E-state index in [1.54, 1.807) is 32.4 Å². The molecule has 0 aliphatic rings. The number of rotatable bonds is 4. The molecule has 7 nitrogen and oxygen atoms in total. The van der Waals surface area contributed by atoms with Crippen LogP contribution in [0.4, 0.5) is 0 Å². The third kappa shape index (κ3) is 3.17. The topological polar surface area (TPSA) is 101 Å². The molecular formula is C20H19N3O4. The van der Waals surface area contributed by atoms with Gasteiger partial charge in [0.25, 0.3) is 0 Å². The molecule has 2 aromatic heterocycles. The molecule has 1 aromatic carbocycles. The minimum Gasteiger partial charge on any atom is -0.507 e. The van der Waals surface area contributed by atoms with E-state index < -0.39 is 12.6 Å². The highest BCUT2D eigenvalue weighted by Gasteiger charge is 2.22. The molecule has 0 unspecified atom stereocenters. The van der Waals surface area contributed by atoms with Crippen LogP contribution in [0.1, 0.15) is 33.3 Å². The predicted molar refractivity (Wildman–Crippen MR) is 99.1 cm³/mol. The summed E-state index contributed by atoms with van der Waals surface area (Å²) in [5.74, 6) is 0.417. The molecule has 138 valence electrons. The monoisotopic (exact) mass is 365 g/mol. The molecule has 3 aromatic rings. The largest absolute Gasteiger partial charge is 0.507 e. The molecule has 7 heteroatoms. The fraction of sp³-hybridized carbons (Fsp3) is 0.250. The van der Waals surface area contributed by atoms with Crippen LogP contribution < -0.4 is 0 Å². The van der Waals surface area contributed by atoms with Crippen molar-refractivity contribution in [1.29, 1.82) is 5.26 Å². The van der Waals surface area contributed by atoms with Gasteiger partial charge in [-0.2, -0.15) is 5.26 Å². The lowest BCUT2D eigenvalue weighted by molar-refractivity contribution is 0.0500. The number of esters is 1. The zero-order valence-corrected chi connectivity index (χ0v) is 15.5. The van der Waals surface area contributed by atoms with Gasteiger partial charge in [0.1, 0.15) is 35.3 Å². The smallest absolute Gasteiger partial charge is 0.342 e. The Morgan fingerprint density at radius 3 is 2.59 bits per heavy atom. The van der Waals surface area contributed by atoms with Gasteiger partial charge in [0.15, 0.2) is 11.6 Å². The molecule has 2 heterocycles. The van der Waals surface area contributed by atoms with E-state index in [0.717, 1.165) is 5.52 Å². The Bertz CT molecular complexity index is 1110. The van der Waals surface area contributed by atoms with Gasteiger partial charge in [0.2, 0.25) is 0 Å². The van der Waals surface area contributed by atoms with Crippen LogP contribution in [0.3, 0.4) is 0 Å². The van der Waals surface area contributed by atoms with Crippen molar-refractivity contribution in [2.24, 2.45) is 7.05 Å². The van der Waals surface area contributed by atoms with Crippen LogP contribution in [0.15, 0.2) is 34.4 Å². The minimum absolute atomic E-state index is 0.0432. The molecule has 0 saturated heterocycles. The highest BCUT2D eigenvalue weighted by Crippen LogP contribution is 2.24. The van der Waals surface area contributed by atoms with Crippen molar-refractivity contribution in [3.63, 3.8) is 0 Å². The highest BCUT2D eigenvalue weighted by atomic mass is 16.5. The van der Waals surface area contributed by atoms with E-state index in [1.807, 2.05) is 30.3 Å². The van der Waals surface area contributed by atoms with Crippen LogP contribution in [-0.2, 0) is 11.8 Å². The summed E-state index contributed by atoms with van der Waals surface area (Å²) in [6.07, 6.45) is 0. The average Bonchev–Trinajstić information content (AvgIpc) is 3.10. The maximum Gasteiger partial charge on any atom is 0.342 e. The molecule has 0 amide bonds. The number of furan rings is 1. The number of para-hydroxylation sites is 2. The molecule has 0 bridgehead atoms. The first-order valence-electron chi connectivity index (χ1n) is 8.32. The van der Waals surface area contributed by atoms with Gasteiger partial charge in [-0.25, -0.2) is 9.78 Å². The Hall–Kier alpha value is -3.53. The Morgan fingerprint density at radius 2 is 2.00 bits per heavy atom. The van der Waals surface area contributed by atoms with E-state index in [0.29, 0.717) is 34.0 Å². The number of nitriles is 1. The van der Waals surface area contributed by atoms with Crippen LogP contribution in [0.5, 0.6) is 0 Å². The predicted octanol–water partition coefficient (Wildman–Crippen LogP) is 3.74. The first-order chi connectivity index (χ1) is 12.8. The molecule has 0 fully saturated rings. The molecule has 27 heavy (non-hydrogen) atoms. The Kier molecular flexibility index (Phi) is 4.74. The van der Waals surface area contributed by atoms with Gasteiger partial charge in [0.05, 0.1) is 11.0 Å². The lowest BCUT2D eigenvalue weighted by atomic mass is 10.1. The third-order valence-electron chi connectivity index (χ3n) is 4.52. The summed E-state index contributed by atoms with van der Waals surface area (Å²) in [4.78, 5) is 16.7. The van der Waals surface area contributed by atoms with E-state index in [4.69, 9.17) is 9.15 Å². The number of ether oxygens (including phenoxy) is 1. The van der Waals surface area contributed by atoms with E-state index in [9.17, 15) is 15.2 Å². The number of aryl methyl sites for hydroxylation is 3. The number of benzene rings is 1. The number of aliphatic hydroxyl groups excluding tert-OH is 1. The lowest BCUT2D eigenvalue weighted by Crippen LogP contribution is -2.11. The van der Waals surface area contributed by atoms with Crippen LogP contribution in [0, 0.1) is 32.1 Å². The maximum atomic E-state index is 12.3. The second-order valence-corrected chi connectivity index (χ2v) is 6.21. The summed E-state index contributed by atoms with van der Waals surface area (Å²) >= 11 is 0. The van der Waals surface area contributed by atoms with Gasteiger partial charge in [0, 0.05) is 12.6 Å². The molecule has 3 rings (SSSR count). The van der Waals surface area contributed by atoms with Gasteiger partial charge in [-0.15, -0.1) is 0 Å². The summed E-state index contributed by atoms with van der Waals surface area (Å²) < 4.78 is 12.3. The molecule has 0 saturated carbocycles. The summed E-state index contributed by atoms with van der Waals surface area (Å²) in [6, 6.07) is 9.33. The average molecular weight is 365 g/mol. The number of carbonyl (C=O) groups is 1. The highest BCUT2D eigenvalue weighted by molar-refractivity contribution is 5.92. The van der Waals surface area contributed by atoms with Crippen molar-refractivity contribution in [3.05, 3.63) is 58.5 Å². The van der Waals surface area contributed by atoms with E-state index in [2.05, 4.69) is 4.98 Å². The zero-order chi connectivity index (χ0) is 19.7. The Balaban J connectivity index is 1.88. The second kappa shape index (κ2) is 7.00. The van der Waals surface area contributed by atoms with Crippen LogP contribution in [0.2, 0.25) is 0 Å². The lowest BCUT2D eigenvalue weighted by Gasteiger charge is -2.07. The molecule has 0 aliphatic heterocycles. The van der Waals surface area contributed by atoms with Crippen molar-refractivity contribution in [3.8, 4) is 6.07 Å². The van der Waals surface area contributed by atoms with Crippen molar-refractivity contribution in [2.75, 3.05) is 6.61 Å². The Labute approximate surface area is 156 Å². The summed E-state index contributed by atoms with van der Waals surface area (Å²) in [5.41, 5.74) is 2.51. The molecule has 1 N–H and O–H groups in total. The number of hydrogen-bond donors (Lipinski definition) is 1. The van der Waals surface area contributed by atoms with Crippen molar-refractivity contribution < 1.29 is 19.1 Å². The fourth-order valence-electron chi connectivity index (χ4n) is 2.99. The zero-order valence-electron chi connectivity index (χ0n) is 15.5. The number of nitrogens with zero attached hydrogens (tertiary/aromatic N) is 3. The molecular weight excluding hydrogens is 346 g/mol. The number of fused-ring (bicyclic) bond motifs is 1. The minimum atomic E-state index is -0.615. The van der Waals surface area contributed by atoms with E-state index in [-0.39, 0.29) is 11.3 Å². The van der Waals surface area contributed by atoms with Crippen molar-refractivity contribution in [2.45, 2.75) is 20.8 Å². The number of aromatic nitrogens is 2. The number of aliphatic hydroxyl groups is 1. The van der Waals surface area contributed by atoms with E-state index >= 15 is 0 Å². The number of carbonyl (C=O) groups excluding carboxylic acids is 1. The Morgan fingerprint density at radius 1 is 1.30 bits per heavy atom. The first-order valence-corrected chi connectivity index (χ1v) is 8.32. The van der Waals surface area contributed by atoms with Crippen molar-refractivity contribution in [1.82, 2.24) is 9.55 Å². The summed E-state index contributed by atoms with van der Waals surface area (Å²) in [5, 5.41) is 19.9. The maximum absolute atomic E-state index is 12.3. The third-order valence-corrected chi connectivity index (χ3v) is 4.52. The summed E-state index contributed by atoms with van der Waals surface area (Å²) in [7, 11) is 1.75. The first kappa shape index (κ1) is 18.3. The van der Waals surface area contributed by atoms with Gasteiger partial charge in [-0.05, 0) is 32.9 Å². The standard InChI is InChI=1S/C20H19N3O4/c1-11-12(2)27-13(3)18(11)20(25)26-10-17(24)14(9-21)19-22-15-7-5-6-8-16(15)23(19)4/h5-8,24H,10H2,1-4H3/b17-14-. The normalized spacial score (nSPS) is 12.0. The van der Waals surface area contributed by atoms with Gasteiger partial charge < -0.3 is 18.8 Å². The van der Waals surface area contributed by atoms with Crippen LogP contribution in [0.25, 0.3) is 16.6 Å². The molecule has 0 atom stereocenters. The second-order valence-electron chi connectivity index (χ2n) is 6.21. The number of hydrogen-bond acceptors (Lipinski definition) is 6. The van der Waals surface area contributed by atoms with Gasteiger partial charge in [-0.1, -0.05) is 12.1 Å². The van der Waals surface area contributed by atoms with Crippen molar-refractivity contribution >= 4 is 22.6 Å². The van der Waals surface area contributed by atoms with E-state index in [1.165, 1.54) is 0 Å². The summed E-state index contributed by atoms with van der Waals surface area (Å²) in [6.45, 7) is 4.76. The van der Waals surface area contributed by atoms with Gasteiger partial charge >= 0.3 is 5.97 Å². The number of allylic oxidation sites excluding steroid dienone is 1. The number of imidazole rings is 1. The fourth-order valence-corrected chi connectivity index (χ4v) is 2.99.